The highest BCUT2D eigenvalue weighted by molar-refractivity contribution is 9.10. The van der Waals surface area contributed by atoms with Gasteiger partial charge in [-0.15, -0.1) is 0 Å². The van der Waals surface area contributed by atoms with Crippen molar-refractivity contribution in [1.82, 2.24) is 19.9 Å². The highest BCUT2D eigenvalue weighted by Gasteiger charge is 2.14. The second-order valence-corrected chi connectivity index (χ2v) is 4.10. The Bertz CT molecular complexity index is 663. The van der Waals surface area contributed by atoms with Crippen LogP contribution in [0.4, 0.5) is 5.82 Å². The third kappa shape index (κ3) is 1.74. The van der Waals surface area contributed by atoms with E-state index in [0.717, 1.165) is 0 Å². The summed E-state index contributed by atoms with van der Waals surface area (Å²) in [6, 6.07) is 1.73. The first-order chi connectivity index (χ1) is 8.24. The second-order valence-electron chi connectivity index (χ2n) is 3.29. The lowest BCUT2D eigenvalue weighted by molar-refractivity contribution is 0.616. The van der Waals surface area contributed by atoms with Crippen LogP contribution in [-0.2, 0) is 0 Å². The maximum absolute atomic E-state index is 5.73. The summed E-state index contributed by atoms with van der Waals surface area (Å²) in [5.41, 5.74) is 7.44. The van der Waals surface area contributed by atoms with Gasteiger partial charge in [0.1, 0.15) is 10.1 Å². The highest BCUT2D eigenvalue weighted by atomic mass is 79.9. The minimum Gasteiger partial charge on any atom is -0.434 e. The molecule has 6 nitrogen and oxygen atoms in total. The van der Waals surface area contributed by atoms with E-state index in [0.29, 0.717) is 27.3 Å². The molecule has 2 N–H and O–H groups in total. The molecule has 3 rings (SSSR count). The lowest BCUT2D eigenvalue weighted by Crippen LogP contribution is -1.97. The number of halogens is 1. The molecule has 0 bridgehead atoms. The molecule has 17 heavy (non-hydrogen) atoms. The summed E-state index contributed by atoms with van der Waals surface area (Å²) in [5.74, 6) is 0.604. The normalized spacial score (nSPS) is 10.9. The van der Waals surface area contributed by atoms with Gasteiger partial charge in [-0.1, -0.05) is 0 Å². The van der Waals surface area contributed by atoms with Gasteiger partial charge in [0, 0.05) is 12.3 Å². The molecule has 0 radical (unpaired) electrons. The molecule has 0 saturated carbocycles. The molecule has 0 aliphatic carbocycles. The number of hydrogen-bond acceptors (Lipinski definition) is 6. The number of nitrogens with two attached hydrogens (primary N) is 1. The van der Waals surface area contributed by atoms with Crippen LogP contribution in [0.3, 0.4) is 0 Å². The third-order valence-corrected chi connectivity index (χ3v) is 2.55. The molecule has 3 aromatic rings. The van der Waals surface area contributed by atoms with Gasteiger partial charge in [0.25, 0.3) is 0 Å². The lowest BCUT2D eigenvalue weighted by Gasteiger charge is -1.98. The number of pyridine rings is 1. The Balaban J connectivity index is 2.23. The van der Waals surface area contributed by atoms with Gasteiger partial charge in [-0.3, -0.25) is 4.98 Å². The second kappa shape index (κ2) is 3.77. The monoisotopic (exact) mass is 291 g/mol. The average molecular weight is 292 g/mol. The minimum atomic E-state index is 0.271. The molecule has 3 heterocycles. The molecular weight excluding hydrogens is 286 g/mol. The van der Waals surface area contributed by atoms with E-state index in [9.17, 15) is 0 Å². The Hall–Kier alpha value is -2.02. The summed E-state index contributed by atoms with van der Waals surface area (Å²) < 4.78 is 6.11. The Morgan fingerprint density at radius 1 is 1.24 bits per heavy atom. The first kappa shape index (κ1) is 10.2. The zero-order valence-corrected chi connectivity index (χ0v) is 10.0. The first-order valence-electron chi connectivity index (χ1n) is 4.73. The van der Waals surface area contributed by atoms with E-state index < -0.39 is 0 Å². The van der Waals surface area contributed by atoms with Gasteiger partial charge in [0.2, 0.25) is 5.89 Å². The van der Waals surface area contributed by atoms with Crippen molar-refractivity contribution in [2.75, 3.05) is 5.73 Å². The van der Waals surface area contributed by atoms with E-state index in [1.165, 1.54) is 6.20 Å². The number of hydrogen-bond donors (Lipinski definition) is 1. The summed E-state index contributed by atoms with van der Waals surface area (Å²) >= 11 is 3.23. The quantitative estimate of drug-likeness (QED) is 0.738. The van der Waals surface area contributed by atoms with Gasteiger partial charge in [-0.2, -0.15) is 0 Å². The predicted molar refractivity (Wildman–Crippen MR) is 64.9 cm³/mol. The molecule has 0 amide bonds. The van der Waals surface area contributed by atoms with Crippen molar-refractivity contribution >= 4 is 32.8 Å². The topological polar surface area (TPSA) is 90.7 Å². The fourth-order valence-corrected chi connectivity index (χ4v) is 1.70. The third-order valence-electron chi connectivity index (χ3n) is 2.16. The van der Waals surface area contributed by atoms with E-state index in [1.807, 2.05) is 0 Å². The molecule has 84 valence electrons. The number of nitrogens with zero attached hydrogens (tertiary/aromatic N) is 4. The van der Waals surface area contributed by atoms with Crippen molar-refractivity contribution in [3.05, 3.63) is 29.3 Å². The van der Waals surface area contributed by atoms with E-state index in [4.69, 9.17) is 10.2 Å². The van der Waals surface area contributed by atoms with Crippen LogP contribution in [0.25, 0.3) is 22.7 Å². The SMILES string of the molecule is Nc1ncc(Br)nc1-c1nc2cnccc2o1. The zero-order valence-electron chi connectivity index (χ0n) is 8.46. The van der Waals surface area contributed by atoms with Crippen LogP contribution in [-0.4, -0.2) is 19.9 Å². The first-order valence-corrected chi connectivity index (χ1v) is 5.52. The van der Waals surface area contributed by atoms with Crippen LogP contribution < -0.4 is 5.73 Å². The van der Waals surface area contributed by atoms with Gasteiger partial charge in [-0.05, 0) is 15.9 Å². The molecule has 0 fully saturated rings. The van der Waals surface area contributed by atoms with Gasteiger partial charge in [0.05, 0.1) is 12.4 Å². The largest absolute Gasteiger partial charge is 0.434 e. The lowest BCUT2D eigenvalue weighted by atomic mass is 10.4. The fraction of sp³-hybridized carbons (Fsp3) is 0. The molecule has 0 atom stereocenters. The van der Waals surface area contributed by atoms with Gasteiger partial charge < -0.3 is 10.2 Å². The standard InChI is InChI=1S/C10H6BrN5O/c11-7-4-14-9(12)8(16-7)10-15-5-3-13-2-1-6(5)17-10/h1-4H,(H2,12,14). The highest BCUT2D eigenvalue weighted by Crippen LogP contribution is 2.26. The van der Waals surface area contributed by atoms with Crippen LogP contribution in [0.5, 0.6) is 0 Å². The van der Waals surface area contributed by atoms with E-state index >= 15 is 0 Å². The number of nitrogen functional groups attached to an aromatic ring is 1. The maximum Gasteiger partial charge on any atom is 0.250 e. The van der Waals surface area contributed by atoms with Gasteiger partial charge >= 0.3 is 0 Å². The number of fused-ring (bicyclic) bond motifs is 1. The summed E-state index contributed by atoms with van der Waals surface area (Å²) in [6.07, 6.45) is 4.76. The molecule has 0 saturated heterocycles. The zero-order chi connectivity index (χ0) is 11.8. The van der Waals surface area contributed by atoms with Crippen LogP contribution in [0.2, 0.25) is 0 Å². The van der Waals surface area contributed by atoms with E-state index in [2.05, 4.69) is 35.9 Å². The van der Waals surface area contributed by atoms with Crippen LogP contribution >= 0.6 is 15.9 Å². The Morgan fingerprint density at radius 3 is 2.94 bits per heavy atom. The summed E-state index contributed by atoms with van der Waals surface area (Å²) in [5, 5.41) is 0. The van der Waals surface area contributed by atoms with Gasteiger partial charge in [-0.25, -0.2) is 15.0 Å². The average Bonchev–Trinajstić information content (AvgIpc) is 2.75. The summed E-state index contributed by atoms with van der Waals surface area (Å²) in [4.78, 5) is 16.4. The molecule has 0 spiro atoms. The molecular formula is C10H6BrN5O. The molecule has 0 aliphatic heterocycles. The van der Waals surface area contributed by atoms with Crippen LogP contribution in [0.1, 0.15) is 0 Å². The molecule has 0 unspecified atom stereocenters. The van der Waals surface area contributed by atoms with E-state index in [1.54, 1.807) is 18.5 Å². The smallest absolute Gasteiger partial charge is 0.250 e. The number of aromatic nitrogens is 4. The molecule has 3 aromatic heterocycles. The number of anilines is 1. The van der Waals surface area contributed by atoms with Crippen LogP contribution in [0.15, 0.2) is 33.7 Å². The Kier molecular flexibility index (Phi) is 2.25. The van der Waals surface area contributed by atoms with Crippen molar-refractivity contribution in [2.45, 2.75) is 0 Å². The minimum absolute atomic E-state index is 0.271. The molecule has 0 aliphatic rings. The molecule has 7 heteroatoms. The predicted octanol–water partition coefficient (Wildman–Crippen LogP) is 2.02. The van der Waals surface area contributed by atoms with Crippen molar-refractivity contribution in [3.8, 4) is 11.6 Å². The van der Waals surface area contributed by atoms with E-state index in [-0.39, 0.29) is 5.82 Å². The number of rotatable bonds is 1. The maximum atomic E-state index is 5.73. The summed E-state index contributed by atoms with van der Waals surface area (Å²) in [7, 11) is 0. The van der Waals surface area contributed by atoms with Crippen molar-refractivity contribution in [1.29, 1.82) is 0 Å². The molecule has 0 aromatic carbocycles. The van der Waals surface area contributed by atoms with Crippen molar-refractivity contribution < 1.29 is 4.42 Å². The summed E-state index contributed by atoms with van der Waals surface area (Å²) in [6.45, 7) is 0. The van der Waals surface area contributed by atoms with Crippen LogP contribution in [0, 0.1) is 0 Å². The van der Waals surface area contributed by atoms with Gasteiger partial charge in [0.15, 0.2) is 17.1 Å². The fourth-order valence-electron chi connectivity index (χ4n) is 1.42. The van der Waals surface area contributed by atoms with Crippen molar-refractivity contribution in [2.24, 2.45) is 0 Å². The Labute approximate surface area is 104 Å². The Morgan fingerprint density at radius 2 is 2.12 bits per heavy atom. The number of oxazole rings is 1. The van der Waals surface area contributed by atoms with Crippen molar-refractivity contribution in [3.63, 3.8) is 0 Å².